The summed E-state index contributed by atoms with van der Waals surface area (Å²) in [6, 6.07) is 5.41. The van der Waals surface area contributed by atoms with E-state index in [1.807, 2.05) is 0 Å². The third-order valence-electron chi connectivity index (χ3n) is 3.32. The van der Waals surface area contributed by atoms with Gasteiger partial charge >= 0.3 is 12.1 Å². The molecule has 0 aliphatic rings. The molecule has 2 aromatic heterocycles. The molecule has 0 atom stereocenters. The molecule has 0 fully saturated rings. The molecule has 26 heavy (non-hydrogen) atoms. The van der Waals surface area contributed by atoms with Crippen LogP contribution in [0.25, 0.3) is 11.4 Å². The van der Waals surface area contributed by atoms with Crippen LogP contribution in [0.2, 0.25) is 0 Å². The van der Waals surface area contributed by atoms with Gasteiger partial charge in [0, 0.05) is 30.6 Å². The summed E-state index contributed by atoms with van der Waals surface area (Å²) in [5.41, 5.74) is -0.0838. The van der Waals surface area contributed by atoms with Crippen LogP contribution in [-0.2, 0) is 13.2 Å². The van der Waals surface area contributed by atoms with Crippen molar-refractivity contribution in [2.75, 3.05) is 5.32 Å². The average Bonchev–Trinajstić information content (AvgIpc) is 3.09. The molecule has 11 heteroatoms. The molecule has 0 saturated carbocycles. The fourth-order valence-electron chi connectivity index (χ4n) is 1.99. The van der Waals surface area contributed by atoms with E-state index >= 15 is 0 Å². The van der Waals surface area contributed by atoms with Gasteiger partial charge in [-0.15, -0.1) is 0 Å². The Morgan fingerprint density at radius 3 is 2.54 bits per heavy atom. The number of nitrogens with one attached hydrogen (secondary N) is 1. The van der Waals surface area contributed by atoms with Crippen LogP contribution in [0.1, 0.15) is 16.2 Å². The van der Waals surface area contributed by atoms with E-state index < -0.39 is 23.5 Å². The van der Waals surface area contributed by atoms with E-state index in [-0.39, 0.29) is 22.8 Å². The molecule has 0 aliphatic carbocycles. The van der Waals surface area contributed by atoms with E-state index in [9.17, 15) is 22.8 Å². The molecule has 8 nitrogen and oxygen atoms in total. The monoisotopic (exact) mass is 365 g/mol. The molecule has 0 spiro atoms. The number of aryl methyl sites for hydroxylation is 1. The van der Waals surface area contributed by atoms with Crippen molar-refractivity contribution in [2.45, 2.75) is 6.18 Å². The van der Waals surface area contributed by atoms with Gasteiger partial charge in [0.15, 0.2) is 5.82 Å². The molecule has 134 valence electrons. The minimum atomic E-state index is -4.74. The molecule has 0 saturated heterocycles. The molecule has 3 rings (SSSR count). The molecule has 2 heterocycles. The minimum Gasteiger partial charge on any atom is -0.329 e. The van der Waals surface area contributed by atoms with Crippen molar-refractivity contribution in [3.8, 4) is 11.4 Å². The second kappa shape index (κ2) is 6.43. The summed E-state index contributed by atoms with van der Waals surface area (Å²) >= 11 is 0. The van der Waals surface area contributed by atoms with Crippen LogP contribution in [0.5, 0.6) is 0 Å². The van der Waals surface area contributed by atoms with Gasteiger partial charge in [-0.2, -0.15) is 18.2 Å². The van der Waals surface area contributed by atoms with E-state index in [0.29, 0.717) is 0 Å². The highest BCUT2D eigenvalue weighted by atomic mass is 19.4. The molecule has 1 amide bonds. The number of amides is 1. The van der Waals surface area contributed by atoms with Crippen LogP contribution in [0.15, 0.2) is 46.0 Å². The van der Waals surface area contributed by atoms with Crippen LogP contribution in [-0.4, -0.2) is 25.6 Å². The maximum Gasteiger partial charge on any atom is 0.471 e. The molecule has 3 aromatic rings. The summed E-state index contributed by atoms with van der Waals surface area (Å²) in [6.07, 6.45) is -1.94. The average molecular weight is 365 g/mol. The van der Waals surface area contributed by atoms with Crippen LogP contribution in [0.4, 0.5) is 19.0 Å². The van der Waals surface area contributed by atoms with Gasteiger partial charge in [0.05, 0.1) is 0 Å². The number of hydrogen-bond donors (Lipinski definition) is 1. The number of carbonyl (C=O) groups excluding carboxylic acids is 1. The van der Waals surface area contributed by atoms with Gasteiger partial charge in [-0.1, -0.05) is 17.3 Å². The highest BCUT2D eigenvalue weighted by molar-refractivity contribution is 6.03. The summed E-state index contributed by atoms with van der Waals surface area (Å²) in [7, 11) is 1.51. The normalized spacial score (nSPS) is 11.4. The summed E-state index contributed by atoms with van der Waals surface area (Å²) in [5.74, 6) is -2.46. The predicted molar refractivity (Wildman–Crippen MR) is 82.2 cm³/mol. The maximum absolute atomic E-state index is 12.5. The molecule has 1 N–H and O–H groups in total. The molecular formula is C15H10F3N5O3. The number of anilines is 1. The molecule has 1 aromatic carbocycles. The lowest BCUT2D eigenvalue weighted by molar-refractivity contribution is -0.159. The van der Waals surface area contributed by atoms with E-state index in [1.165, 1.54) is 48.3 Å². The number of rotatable bonds is 3. The minimum absolute atomic E-state index is 0.142. The summed E-state index contributed by atoms with van der Waals surface area (Å²) < 4.78 is 42.8. The number of alkyl halides is 3. The van der Waals surface area contributed by atoms with Gasteiger partial charge < -0.3 is 14.4 Å². The Balaban J connectivity index is 1.79. The SMILES string of the molecule is Cn1ccnc(NC(=O)c2ccc(-c3noc(C(F)(F)F)n3)cc2)c1=O. The standard InChI is InChI=1S/C15H10F3N5O3/c1-23-7-6-19-11(13(23)25)20-12(24)9-4-2-8(3-5-9)10-21-14(26-22-10)15(16,17)18/h2-7H,1H3,(H,19,20,24). The van der Waals surface area contributed by atoms with Crippen LogP contribution in [0.3, 0.4) is 0 Å². The van der Waals surface area contributed by atoms with Gasteiger partial charge in [-0.25, -0.2) is 4.98 Å². The summed E-state index contributed by atoms with van der Waals surface area (Å²) in [4.78, 5) is 31.0. The van der Waals surface area contributed by atoms with E-state index in [4.69, 9.17) is 0 Å². The third-order valence-corrected chi connectivity index (χ3v) is 3.32. The number of aromatic nitrogens is 4. The van der Waals surface area contributed by atoms with Crippen molar-refractivity contribution < 1.29 is 22.5 Å². The van der Waals surface area contributed by atoms with Crippen molar-refractivity contribution in [3.63, 3.8) is 0 Å². The lowest BCUT2D eigenvalue weighted by Gasteiger charge is -2.05. The molecular weight excluding hydrogens is 355 g/mol. The number of hydrogen-bond acceptors (Lipinski definition) is 6. The highest BCUT2D eigenvalue weighted by Crippen LogP contribution is 2.29. The first kappa shape index (κ1) is 17.3. The number of benzene rings is 1. The van der Waals surface area contributed by atoms with Crippen molar-refractivity contribution in [2.24, 2.45) is 7.05 Å². The van der Waals surface area contributed by atoms with Gasteiger partial charge in [0.25, 0.3) is 11.5 Å². The summed E-state index contributed by atoms with van der Waals surface area (Å²) in [5, 5.41) is 5.62. The quantitative estimate of drug-likeness (QED) is 0.762. The van der Waals surface area contributed by atoms with Crippen molar-refractivity contribution >= 4 is 11.7 Å². The smallest absolute Gasteiger partial charge is 0.329 e. The fourth-order valence-corrected chi connectivity index (χ4v) is 1.99. The molecule has 0 aliphatic heterocycles. The highest BCUT2D eigenvalue weighted by Gasteiger charge is 2.38. The number of carbonyl (C=O) groups is 1. The Labute approximate surface area is 143 Å². The molecule has 0 radical (unpaired) electrons. The van der Waals surface area contributed by atoms with Crippen molar-refractivity contribution in [1.29, 1.82) is 0 Å². The van der Waals surface area contributed by atoms with Gasteiger partial charge in [0.2, 0.25) is 5.82 Å². The first-order valence-corrected chi connectivity index (χ1v) is 7.10. The summed E-state index contributed by atoms with van der Waals surface area (Å²) in [6.45, 7) is 0. The topological polar surface area (TPSA) is 103 Å². The Morgan fingerprint density at radius 1 is 1.23 bits per heavy atom. The van der Waals surface area contributed by atoms with E-state index in [2.05, 4.69) is 25.0 Å². The Hall–Kier alpha value is -3.50. The lowest BCUT2D eigenvalue weighted by Crippen LogP contribution is -2.25. The van der Waals surface area contributed by atoms with Crippen LogP contribution >= 0.6 is 0 Å². The maximum atomic E-state index is 12.5. The Kier molecular flexibility index (Phi) is 4.28. The Bertz CT molecular complexity index is 1010. The van der Waals surface area contributed by atoms with Gasteiger partial charge in [-0.05, 0) is 12.1 Å². The van der Waals surface area contributed by atoms with Gasteiger partial charge in [-0.3, -0.25) is 9.59 Å². The van der Waals surface area contributed by atoms with E-state index in [0.717, 1.165) is 0 Å². The zero-order chi connectivity index (χ0) is 18.9. The van der Waals surface area contributed by atoms with E-state index in [1.54, 1.807) is 0 Å². The Morgan fingerprint density at radius 2 is 1.92 bits per heavy atom. The molecule has 0 unspecified atom stereocenters. The zero-order valence-electron chi connectivity index (χ0n) is 13.1. The van der Waals surface area contributed by atoms with Crippen molar-refractivity contribution in [3.05, 3.63) is 58.5 Å². The second-order valence-electron chi connectivity index (χ2n) is 5.14. The zero-order valence-corrected chi connectivity index (χ0v) is 13.1. The number of nitrogens with zero attached hydrogens (tertiary/aromatic N) is 4. The van der Waals surface area contributed by atoms with Crippen LogP contribution in [0, 0.1) is 0 Å². The first-order chi connectivity index (χ1) is 12.3. The predicted octanol–water partition coefficient (Wildman–Crippen LogP) is 2.10. The third kappa shape index (κ3) is 3.45. The molecule has 0 bridgehead atoms. The first-order valence-electron chi connectivity index (χ1n) is 7.10. The lowest BCUT2D eigenvalue weighted by atomic mass is 10.1. The largest absolute Gasteiger partial charge is 0.471 e. The second-order valence-corrected chi connectivity index (χ2v) is 5.14. The number of halogens is 3. The van der Waals surface area contributed by atoms with Crippen LogP contribution < -0.4 is 10.9 Å². The van der Waals surface area contributed by atoms with Gasteiger partial charge in [0.1, 0.15) is 0 Å². The van der Waals surface area contributed by atoms with Crippen molar-refractivity contribution in [1.82, 2.24) is 19.7 Å². The fraction of sp³-hybridized carbons (Fsp3) is 0.133.